The number of halogens is 1. The largest absolute Gasteiger partial charge is 0.369 e. The highest BCUT2D eigenvalue weighted by molar-refractivity contribution is 6.30. The summed E-state index contributed by atoms with van der Waals surface area (Å²) in [6.07, 6.45) is 3.75. The Morgan fingerprint density at radius 3 is 2.71 bits per heavy atom. The minimum atomic E-state index is -0.0240. The highest BCUT2D eigenvalue weighted by Gasteiger charge is 2.18. The van der Waals surface area contributed by atoms with Crippen LogP contribution in [0.15, 0.2) is 54.7 Å². The molecule has 1 amide bonds. The monoisotopic (exact) mass is 436 g/mol. The number of aryl methyl sites for hydroxylation is 1. The predicted molar refractivity (Wildman–Crippen MR) is 128 cm³/mol. The van der Waals surface area contributed by atoms with Crippen LogP contribution >= 0.6 is 11.6 Å². The second kappa shape index (κ2) is 10.1. The molecule has 1 aromatic heterocycles. The molecule has 0 radical (unpaired) electrons. The van der Waals surface area contributed by atoms with E-state index in [0.29, 0.717) is 12.1 Å². The van der Waals surface area contributed by atoms with E-state index >= 15 is 0 Å². The van der Waals surface area contributed by atoms with Crippen LogP contribution in [0, 0.1) is 6.92 Å². The summed E-state index contributed by atoms with van der Waals surface area (Å²) in [5.41, 5.74) is 4.06. The Morgan fingerprint density at radius 1 is 1.06 bits per heavy atom. The molecule has 1 N–H and O–H groups in total. The smallest absolute Gasteiger partial charge is 0.252 e. The van der Waals surface area contributed by atoms with Crippen molar-refractivity contribution in [2.75, 3.05) is 44.2 Å². The molecule has 2 aromatic carbocycles. The number of fused-ring (bicyclic) bond motifs is 1. The first kappa shape index (κ1) is 21.6. The van der Waals surface area contributed by atoms with Gasteiger partial charge < -0.3 is 10.2 Å². The maximum Gasteiger partial charge on any atom is 0.252 e. The van der Waals surface area contributed by atoms with Gasteiger partial charge in [-0.15, -0.1) is 0 Å². The van der Waals surface area contributed by atoms with E-state index in [1.165, 1.54) is 11.3 Å². The van der Waals surface area contributed by atoms with Crippen molar-refractivity contribution in [2.45, 2.75) is 19.8 Å². The number of pyridine rings is 1. The Bertz CT molecular complexity index is 1040. The number of carbonyl (C=O) groups excluding carboxylic acids is 1. The Kier molecular flexibility index (Phi) is 7.05. The van der Waals surface area contributed by atoms with Gasteiger partial charge in [0.05, 0.1) is 11.1 Å². The minimum absolute atomic E-state index is 0.0240. The van der Waals surface area contributed by atoms with Crippen LogP contribution in [0.3, 0.4) is 0 Å². The third-order valence-electron chi connectivity index (χ3n) is 5.96. The number of nitrogens with zero attached hydrogens (tertiary/aromatic N) is 3. The van der Waals surface area contributed by atoms with E-state index < -0.39 is 0 Å². The highest BCUT2D eigenvalue weighted by Crippen LogP contribution is 2.25. The molecule has 31 heavy (non-hydrogen) atoms. The molecule has 1 fully saturated rings. The number of nitrogens with one attached hydrogen (secondary N) is 1. The van der Waals surface area contributed by atoms with Crippen LogP contribution in [0.4, 0.5) is 5.69 Å². The molecule has 1 aliphatic heterocycles. The molecule has 3 aromatic rings. The second-order valence-corrected chi connectivity index (χ2v) is 8.53. The highest BCUT2D eigenvalue weighted by atomic mass is 35.5. The summed E-state index contributed by atoms with van der Waals surface area (Å²) in [5, 5.41) is 4.76. The van der Waals surface area contributed by atoms with E-state index in [1.807, 2.05) is 30.3 Å². The van der Waals surface area contributed by atoms with Gasteiger partial charge in [-0.05, 0) is 56.1 Å². The SMILES string of the molecule is Cc1ccc(Cl)cc1N1CCN(CCCCNC(=O)c2ccnc3ccccc23)CC1. The zero-order valence-corrected chi connectivity index (χ0v) is 18.7. The molecule has 2 heterocycles. The van der Waals surface area contributed by atoms with Crippen molar-refractivity contribution in [1.29, 1.82) is 0 Å². The van der Waals surface area contributed by atoms with Crippen LogP contribution in [0.5, 0.6) is 0 Å². The van der Waals surface area contributed by atoms with Crippen molar-refractivity contribution in [2.24, 2.45) is 0 Å². The molecule has 0 aliphatic carbocycles. The molecule has 0 spiro atoms. The molecule has 5 nitrogen and oxygen atoms in total. The van der Waals surface area contributed by atoms with Crippen LogP contribution in [-0.2, 0) is 0 Å². The maximum absolute atomic E-state index is 12.6. The molecule has 0 saturated carbocycles. The molecule has 0 unspecified atom stereocenters. The molecule has 4 rings (SSSR count). The van der Waals surface area contributed by atoms with Crippen LogP contribution < -0.4 is 10.2 Å². The third-order valence-corrected chi connectivity index (χ3v) is 6.20. The molecule has 162 valence electrons. The van der Waals surface area contributed by atoms with E-state index in [0.717, 1.165) is 61.5 Å². The predicted octanol–water partition coefficient (Wildman–Crippen LogP) is 4.53. The van der Waals surface area contributed by atoms with Gasteiger partial charge in [0.25, 0.3) is 5.91 Å². The fourth-order valence-corrected chi connectivity index (χ4v) is 4.35. The number of carbonyl (C=O) groups is 1. The zero-order valence-electron chi connectivity index (χ0n) is 18.0. The van der Waals surface area contributed by atoms with E-state index in [-0.39, 0.29) is 5.91 Å². The topological polar surface area (TPSA) is 48.5 Å². The Morgan fingerprint density at radius 2 is 1.87 bits per heavy atom. The van der Waals surface area contributed by atoms with Crippen LogP contribution in [-0.4, -0.2) is 55.1 Å². The lowest BCUT2D eigenvalue weighted by molar-refractivity contribution is 0.0954. The van der Waals surface area contributed by atoms with Crippen molar-refractivity contribution in [3.63, 3.8) is 0 Å². The minimum Gasteiger partial charge on any atom is -0.369 e. The van der Waals surface area contributed by atoms with Gasteiger partial charge in [0.2, 0.25) is 0 Å². The summed E-state index contributed by atoms with van der Waals surface area (Å²) >= 11 is 6.18. The van der Waals surface area contributed by atoms with Crippen molar-refractivity contribution in [1.82, 2.24) is 15.2 Å². The Labute approximate surface area is 189 Å². The first-order valence-electron chi connectivity index (χ1n) is 11.0. The third kappa shape index (κ3) is 5.35. The average molecular weight is 437 g/mol. The van der Waals surface area contributed by atoms with Gasteiger partial charge in [-0.1, -0.05) is 35.9 Å². The molecule has 6 heteroatoms. The van der Waals surface area contributed by atoms with Crippen LogP contribution in [0.1, 0.15) is 28.8 Å². The van der Waals surface area contributed by atoms with Crippen molar-refractivity contribution in [3.05, 3.63) is 70.9 Å². The van der Waals surface area contributed by atoms with Crippen molar-refractivity contribution in [3.8, 4) is 0 Å². The normalized spacial score (nSPS) is 14.7. The summed E-state index contributed by atoms with van der Waals surface area (Å²) in [4.78, 5) is 21.8. The summed E-state index contributed by atoms with van der Waals surface area (Å²) in [7, 11) is 0. The van der Waals surface area contributed by atoms with Gasteiger partial charge in [0.15, 0.2) is 0 Å². The molecule has 0 bridgehead atoms. The lowest BCUT2D eigenvalue weighted by atomic mass is 10.1. The lowest BCUT2D eigenvalue weighted by Crippen LogP contribution is -2.46. The van der Waals surface area contributed by atoms with Gasteiger partial charge in [-0.2, -0.15) is 0 Å². The first-order chi connectivity index (χ1) is 15.1. The summed E-state index contributed by atoms with van der Waals surface area (Å²) in [5.74, 6) is -0.0240. The first-order valence-corrected chi connectivity index (χ1v) is 11.3. The van der Waals surface area contributed by atoms with Gasteiger partial charge in [0, 0.05) is 55.0 Å². The summed E-state index contributed by atoms with van der Waals surface area (Å²) in [6.45, 7) is 8.05. The number of para-hydroxylation sites is 1. The molecule has 1 saturated heterocycles. The fraction of sp³-hybridized carbons (Fsp3) is 0.360. The number of piperazine rings is 1. The number of hydrogen-bond donors (Lipinski definition) is 1. The Hall–Kier alpha value is -2.63. The molecular weight excluding hydrogens is 408 g/mol. The standard InChI is InChI=1S/C25H29ClN4O/c1-19-8-9-20(26)18-24(19)30-16-14-29(15-17-30)13-5-4-11-28-25(31)22-10-12-27-23-7-3-2-6-21(22)23/h2-3,6-10,12,18H,4-5,11,13-17H2,1H3,(H,28,31). The van der Waals surface area contributed by atoms with E-state index in [4.69, 9.17) is 11.6 Å². The molecule has 1 aliphatic rings. The number of aromatic nitrogens is 1. The molecular formula is C25H29ClN4O. The number of amides is 1. The fourth-order valence-electron chi connectivity index (χ4n) is 4.19. The van der Waals surface area contributed by atoms with Crippen LogP contribution in [0.2, 0.25) is 5.02 Å². The quantitative estimate of drug-likeness (QED) is 0.553. The van der Waals surface area contributed by atoms with Gasteiger partial charge in [-0.3, -0.25) is 14.7 Å². The number of unbranched alkanes of at least 4 members (excludes halogenated alkanes) is 1. The van der Waals surface area contributed by atoms with Gasteiger partial charge in [-0.25, -0.2) is 0 Å². The number of rotatable bonds is 7. The van der Waals surface area contributed by atoms with Crippen molar-refractivity contribution < 1.29 is 4.79 Å². The van der Waals surface area contributed by atoms with Gasteiger partial charge >= 0.3 is 0 Å². The number of benzene rings is 2. The maximum atomic E-state index is 12.6. The number of anilines is 1. The van der Waals surface area contributed by atoms with E-state index in [2.05, 4.69) is 39.2 Å². The lowest BCUT2D eigenvalue weighted by Gasteiger charge is -2.37. The molecule has 0 atom stereocenters. The Balaban J connectivity index is 1.18. The zero-order chi connectivity index (χ0) is 21.6. The van der Waals surface area contributed by atoms with E-state index in [9.17, 15) is 4.79 Å². The average Bonchev–Trinajstić information content (AvgIpc) is 2.80. The number of hydrogen-bond acceptors (Lipinski definition) is 4. The van der Waals surface area contributed by atoms with Crippen LogP contribution in [0.25, 0.3) is 10.9 Å². The van der Waals surface area contributed by atoms with E-state index in [1.54, 1.807) is 12.3 Å². The summed E-state index contributed by atoms with van der Waals surface area (Å²) < 4.78 is 0. The second-order valence-electron chi connectivity index (χ2n) is 8.10. The summed E-state index contributed by atoms with van der Waals surface area (Å²) in [6, 6.07) is 15.7. The van der Waals surface area contributed by atoms with Gasteiger partial charge in [0.1, 0.15) is 0 Å². The van der Waals surface area contributed by atoms with Crippen molar-refractivity contribution >= 4 is 34.1 Å².